The lowest BCUT2D eigenvalue weighted by molar-refractivity contribution is -0.130. The third-order valence-electron chi connectivity index (χ3n) is 5.69. The van der Waals surface area contributed by atoms with Gasteiger partial charge in [-0.1, -0.05) is 11.8 Å². The summed E-state index contributed by atoms with van der Waals surface area (Å²) in [5.41, 5.74) is 1.76. The lowest BCUT2D eigenvalue weighted by Crippen LogP contribution is -2.28. The molecule has 0 spiro atoms. The zero-order valence-electron chi connectivity index (χ0n) is 18.2. The van der Waals surface area contributed by atoms with Gasteiger partial charge in [0.2, 0.25) is 5.16 Å². The van der Waals surface area contributed by atoms with Gasteiger partial charge in [0.15, 0.2) is 0 Å². The number of hydrogen-bond donors (Lipinski definition) is 0. The Morgan fingerprint density at radius 1 is 1.27 bits per heavy atom. The molecule has 5 rings (SSSR count). The van der Waals surface area contributed by atoms with Crippen LogP contribution >= 0.6 is 11.8 Å². The molecule has 2 aromatic heterocycles. The van der Waals surface area contributed by atoms with Crippen molar-refractivity contribution in [3.63, 3.8) is 0 Å². The molecule has 3 aromatic rings. The molecule has 11 heteroatoms. The molecule has 2 atom stereocenters. The van der Waals surface area contributed by atoms with Gasteiger partial charge in [-0.15, -0.1) is 5.10 Å². The molecule has 2 aliphatic rings. The van der Waals surface area contributed by atoms with Crippen molar-refractivity contribution in [2.45, 2.75) is 43.1 Å². The Kier molecular flexibility index (Phi) is 6.40. The van der Waals surface area contributed by atoms with E-state index in [1.165, 1.54) is 16.8 Å². The minimum absolute atomic E-state index is 0.113. The summed E-state index contributed by atoms with van der Waals surface area (Å²) >= 11 is 1.30. The normalized spacial score (nSPS) is 20.3. The first-order valence-corrected chi connectivity index (χ1v) is 11.8. The average molecular weight is 469 g/mol. The molecule has 1 aromatic carbocycles. The molecule has 1 saturated heterocycles. The number of thioether (sulfide) groups is 1. The van der Waals surface area contributed by atoms with E-state index in [2.05, 4.69) is 20.6 Å². The zero-order chi connectivity index (χ0) is 22.6. The lowest BCUT2D eigenvalue weighted by atomic mass is 10.0. The molecule has 0 bridgehead atoms. The van der Waals surface area contributed by atoms with Crippen molar-refractivity contribution in [2.24, 2.45) is 5.10 Å². The van der Waals surface area contributed by atoms with Crippen LogP contribution in [0.3, 0.4) is 0 Å². The quantitative estimate of drug-likeness (QED) is 0.465. The summed E-state index contributed by atoms with van der Waals surface area (Å²) in [4.78, 5) is 13.2. The Labute approximate surface area is 194 Å². The Morgan fingerprint density at radius 3 is 2.88 bits per heavy atom. The molecular formula is C22H24N6O4S. The van der Waals surface area contributed by atoms with E-state index in [1.54, 1.807) is 18.1 Å². The molecule has 0 unspecified atom stereocenters. The van der Waals surface area contributed by atoms with E-state index in [0.29, 0.717) is 23.9 Å². The maximum Gasteiger partial charge on any atom is 0.253 e. The number of nitrogens with zero attached hydrogens (tertiary/aromatic N) is 6. The Bertz CT molecular complexity index is 1110. The first-order valence-electron chi connectivity index (χ1n) is 10.8. The highest BCUT2D eigenvalue weighted by molar-refractivity contribution is 7.99. The van der Waals surface area contributed by atoms with Crippen molar-refractivity contribution in [3.05, 3.63) is 54.0 Å². The second-order valence-electron chi connectivity index (χ2n) is 7.82. The van der Waals surface area contributed by atoms with Crippen molar-refractivity contribution in [1.82, 2.24) is 25.2 Å². The van der Waals surface area contributed by atoms with Gasteiger partial charge in [-0.25, -0.2) is 9.69 Å². The predicted octanol–water partition coefficient (Wildman–Crippen LogP) is 2.92. The van der Waals surface area contributed by atoms with E-state index in [9.17, 15) is 4.79 Å². The minimum Gasteiger partial charge on any atom is -0.497 e. The van der Waals surface area contributed by atoms with Crippen molar-refractivity contribution in [3.8, 4) is 5.75 Å². The van der Waals surface area contributed by atoms with Crippen LogP contribution in [0.15, 0.2) is 57.3 Å². The molecule has 0 saturated carbocycles. The maximum atomic E-state index is 13.2. The Balaban J connectivity index is 1.30. The maximum absolute atomic E-state index is 13.2. The number of furan rings is 1. The molecule has 1 fully saturated rings. The van der Waals surface area contributed by atoms with Gasteiger partial charge < -0.3 is 13.9 Å². The van der Waals surface area contributed by atoms with E-state index in [0.717, 1.165) is 36.5 Å². The van der Waals surface area contributed by atoms with Gasteiger partial charge in [0.25, 0.3) is 5.91 Å². The highest BCUT2D eigenvalue weighted by Crippen LogP contribution is 2.34. The van der Waals surface area contributed by atoms with Gasteiger partial charge in [0.1, 0.15) is 17.6 Å². The topological polar surface area (TPSA) is 108 Å². The molecule has 172 valence electrons. The number of amides is 1. The van der Waals surface area contributed by atoms with Crippen LogP contribution in [0.1, 0.15) is 36.6 Å². The van der Waals surface area contributed by atoms with E-state index in [-0.39, 0.29) is 23.8 Å². The first-order chi connectivity index (χ1) is 16.2. The van der Waals surface area contributed by atoms with Gasteiger partial charge in [-0.05, 0) is 65.2 Å². The highest BCUT2D eigenvalue weighted by atomic mass is 32.2. The van der Waals surface area contributed by atoms with Crippen molar-refractivity contribution >= 4 is 23.4 Å². The fourth-order valence-corrected chi connectivity index (χ4v) is 4.73. The molecule has 4 heterocycles. The van der Waals surface area contributed by atoms with E-state index in [4.69, 9.17) is 13.9 Å². The van der Waals surface area contributed by atoms with Crippen LogP contribution in [0.5, 0.6) is 5.75 Å². The second-order valence-corrected chi connectivity index (χ2v) is 8.76. The van der Waals surface area contributed by atoms with Crippen molar-refractivity contribution in [2.75, 3.05) is 19.5 Å². The smallest absolute Gasteiger partial charge is 0.253 e. The first kappa shape index (κ1) is 21.7. The average Bonchev–Trinajstić information content (AvgIpc) is 3.65. The Hall–Kier alpha value is -3.18. The molecule has 2 aliphatic heterocycles. The monoisotopic (exact) mass is 468 g/mol. The molecule has 0 N–H and O–H groups in total. The second kappa shape index (κ2) is 9.75. The summed E-state index contributed by atoms with van der Waals surface area (Å²) in [5, 5.41) is 18.7. The van der Waals surface area contributed by atoms with Crippen LogP contribution in [-0.2, 0) is 16.1 Å². The van der Waals surface area contributed by atoms with Gasteiger partial charge >= 0.3 is 0 Å². The number of rotatable bonds is 8. The Morgan fingerprint density at radius 2 is 2.15 bits per heavy atom. The summed E-state index contributed by atoms with van der Waals surface area (Å²) in [6, 6.07) is 11.0. The van der Waals surface area contributed by atoms with Gasteiger partial charge in [0.05, 0.1) is 37.5 Å². The summed E-state index contributed by atoms with van der Waals surface area (Å²) in [7, 11) is 1.63. The van der Waals surface area contributed by atoms with E-state index < -0.39 is 0 Å². The number of hydrogen-bond acceptors (Lipinski definition) is 9. The number of aromatic nitrogens is 4. The molecule has 1 amide bonds. The van der Waals surface area contributed by atoms with Crippen LogP contribution in [0, 0.1) is 0 Å². The third kappa shape index (κ3) is 4.79. The zero-order valence-corrected chi connectivity index (χ0v) is 19.0. The standard InChI is InChI=1S/C22H24N6O4S/c1-30-16-8-6-15(7-9-16)18-12-19(20-5-3-11-32-20)28(24-18)21(29)14-33-22-23-25-26-27(22)13-17-4-2-10-31-17/h3,5-9,11,17,19H,2,4,10,12-14H2,1H3/t17-,19-/m0/s1. The van der Waals surface area contributed by atoms with Gasteiger partial charge in [-0.3, -0.25) is 4.79 Å². The fourth-order valence-electron chi connectivity index (χ4n) is 3.99. The van der Waals surface area contributed by atoms with Crippen LogP contribution in [0.25, 0.3) is 0 Å². The number of tetrazole rings is 1. The van der Waals surface area contributed by atoms with Crippen LogP contribution < -0.4 is 4.74 Å². The molecule has 33 heavy (non-hydrogen) atoms. The lowest BCUT2D eigenvalue weighted by Gasteiger charge is -2.19. The number of hydrazone groups is 1. The van der Waals surface area contributed by atoms with E-state index in [1.807, 2.05) is 36.4 Å². The summed E-state index contributed by atoms with van der Waals surface area (Å²) in [6.45, 7) is 1.35. The summed E-state index contributed by atoms with van der Waals surface area (Å²) in [6.07, 6.45) is 4.32. The number of carbonyl (C=O) groups is 1. The number of carbonyl (C=O) groups excluding carboxylic acids is 1. The van der Waals surface area contributed by atoms with E-state index >= 15 is 0 Å². The number of benzene rings is 1. The van der Waals surface area contributed by atoms with Gasteiger partial charge in [-0.2, -0.15) is 5.10 Å². The molecule has 0 radical (unpaired) electrons. The van der Waals surface area contributed by atoms with Crippen LogP contribution in [0.4, 0.5) is 0 Å². The molecule has 10 nitrogen and oxygen atoms in total. The van der Waals surface area contributed by atoms with Crippen LogP contribution in [0.2, 0.25) is 0 Å². The van der Waals surface area contributed by atoms with Crippen molar-refractivity contribution < 1.29 is 18.7 Å². The predicted molar refractivity (Wildman–Crippen MR) is 120 cm³/mol. The molecular weight excluding hydrogens is 444 g/mol. The molecule has 0 aliphatic carbocycles. The minimum atomic E-state index is -0.298. The van der Waals surface area contributed by atoms with Crippen molar-refractivity contribution in [1.29, 1.82) is 0 Å². The fraction of sp³-hybridized carbons (Fsp3) is 0.409. The summed E-state index contributed by atoms with van der Waals surface area (Å²) < 4.78 is 18.2. The largest absolute Gasteiger partial charge is 0.497 e. The number of methoxy groups -OCH3 is 1. The third-order valence-corrected chi connectivity index (χ3v) is 6.63. The van der Waals surface area contributed by atoms with Crippen LogP contribution in [-0.4, -0.2) is 62.4 Å². The van der Waals surface area contributed by atoms with Gasteiger partial charge in [0, 0.05) is 13.0 Å². The summed E-state index contributed by atoms with van der Waals surface area (Å²) in [5.74, 6) is 1.48. The number of ether oxygens (including phenoxy) is 2. The SMILES string of the molecule is COc1ccc(C2=NN(C(=O)CSc3nnnn3C[C@@H]3CCCO3)[C@H](c3ccco3)C2)cc1. The highest BCUT2D eigenvalue weighted by Gasteiger charge is 2.35.